The lowest BCUT2D eigenvalue weighted by atomic mass is 10.0. The Hall–Kier alpha value is -3.87. The van der Waals surface area contributed by atoms with Crippen LogP contribution in [0.15, 0.2) is 91.1 Å². The number of benzene rings is 3. The van der Waals surface area contributed by atoms with Crippen molar-refractivity contribution in [3.8, 4) is 21.7 Å². The Labute approximate surface area is 208 Å². The van der Waals surface area contributed by atoms with Gasteiger partial charge in [-0.05, 0) is 47.0 Å². The number of hydrogen-bond donors (Lipinski definition) is 2. The van der Waals surface area contributed by atoms with Crippen molar-refractivity contribution in [2.45, 2.75) is 26.4 Å². The first-order valence-electron chi connectivity index (χ1n) is 11.6. The molecule has 1 amide bonds. The zero-order valence-corrected chi connectivity index (χ0v) is 20.5. The monoisotopic (exact) mass is 478 g/mol. The van der Waals surface area contributed by atoms with Gasteiger partial charge in [0, 0.05) is 29.9 Å². The topological polar surface area (TPSA) is 66.9 Å². The van der Waals surface area contributed by atoms with Gasteiger partial charge in [0.15, 0.2) is 0 Å². The molecule has 5 rings (SSSR count). The summed E-state index contributed by atoms with van der Waals surface area (Å²) in [7, 11) is 0. The van der Waals surface area contributed by atoms with Crippen molar-refractivity contribution < 1.29 is 4.79 Å². The number of nitrogens with zero attached hydrogens (tertiary/aromatic N) is 2. The fourth-order valence-corrected chi connectivity index (χ4v) is 4.77. The maximum atomic E-state index is 13.2. The minimum absolute atomic E-state index is 0.156. The van der Waals surface area contributed by atoms with Crippen LogP contribution < -0.4 is 10.6 Å². The van der Waals surface area contributed by atoms with E-state index in [1.54, 1.807) is 0 Å². The molecule has 2 heterocycles. The van der Waals surface area contributed by atoms with Gasteiger partial charge in [0.1, 0.15) is 15.4 Å². The molecule has 0 fully saturated rings. The SMILES string of the molecule is CC(C)NCc1cnc2sc(-c3ccccc3NC(=O)c3cccc(-c4ccccc4)c3)nc2c1. The number of amides is 1. The van der Waals surface area contributed by atoms with Gasteiger partial charge in [-0.2, -0.15) is 0 Å². The predicted octanol–water partition coefficient (Wildman–Crippen LogP) is 6.78. The maximum absolute atomic E-state index is 13.2. The van der Waals surface area contributed by atoms with Gasteiger partial charge in [-0.3, -0.25) is 4.79 Å². The van der Waals surface area contributed by atoms with Crippen LogP contribution in [-0.2, 0) is 6.54 Å². The molecule has 0 spiro atoms. The van der Waals surface area contributed by atoms with Crippen LogP contribution in [-0.4, -0.2) is 21.9 Å². The molecular weight excluding hydrogens is 452 g/mol. The van der Waals surface area contributed by atoms with Gasteiger partial charge >= 0.3 is 0 Å². The summed E-state index contributed by atoms with van der Waals surface area (Å²) in [5, 5.41) is 7.33. The first-order valence-corrected chi connectivity index (χ1v) is 12.4. The fraction of sp³-hybridized carbons (Fsp3) is 0.138. The zero-order chi connectivity index (χ0) is 24.2. The molecule has 35 heavy (non-hydrogen) atoms. The summed E-state index contributed by atoms with van der Waals surface area (Å²) in [6, 6.07) is 28.0. The van der Waals surface area contributed by atoms with Crippen LogP contribution in [0.2, 0.25) is 0 Å². The molecule has 0 aliphatic heterocycles. The number of pyridine rings is 1. The maximum Gasteiger partial charge on any atom is 0.255 e. The minimum Gasteiger partial charge on any atom is -0.321 e. The first-order chi connectivity index (χ1) is 17.1. The van der Waals surface area contributed by atoms with E-state index in [1.165, 1.54) is 11.3 Å². The summed E-state index contributed by atoms with van der Waals surface area (Å²) < 4.78 is 0. The number of fused-ring (bicyclic) bond motifs is 1. The van der Waals surface area contributed by atoms with Gasteiger partial charge in [-0.1, -0.05) is 79.8 Å². The number of aromatic nitrogens is 2. The van der Waals surface area contributed by atoms with Crippen LogP contribution in [0.5, 0.6) is 0 Å². The lowest BCUT2D eigenvalue weighted by Crippen LogP contribution is -2.21. The quantitative estimate of drug-likeness (QED) is 0.271. The molecule has 0 radical (unpaired) electrons. The summed E-state index contributed by atoms with van der Waals surface area (Å²) in [6.07, 6.45) is 1.90. The van der Waals surface area contributed by atoms with E-state index in [-0.39, 0.29) is 5.91 Å². The van der Waals surface area contributed by atoms with Crippen LogP contribution in [0.1, 0.15) is 29.8 Å². The van der Waals surface area contributed by atoms with Gasteiger partial charge in [0.25, 0.3) is 5.91 Å². The third-order valence-corrected chi connectivity index (χ3v) is 6.67. The van der Waals surface area contributed by atoms with Crippen molar-refractivity contribution in [3.05, 3.63) is 102 Å². The van der Waals surface area contributed by atoms with Crippen molar-refractivity contribution in [2.75, 3.05) is 5.32 Å². The molecule has 0 saturated carbocycles. The summed E-state index contributed by atoms with van der Waals surface area (Å²) in [5.41, 5.74) is 6.26. The second-order valence-corrected chi connectivity index (χ2v) is 9.65. The van der Waals surface area contributed by atoms with Crippen molar-refractivity contribution in [3.63, 3.8) is 0 Å². The highest BCUT2D eigenvalue weighted by Crippen LogP contribution is 2.34. The van der Waals surface area contributed by atoms with E-state index in [4.69, 9.17) is 4.98 Å². The van der Waals surface area contributed by atoms with Crippen LogP contribution in [0.4, 0.5) is 5.69 Å². The Kier molecular flexibility index (Phi) is 6.66. The molecule has 0 bridgehead atoms. The lowest BCUT2D eigenvalue weighted by Gasteiger charge is -2.10. The number of nitrogens with one attached hydrogen (secondary N) is 2. The number of rotatable bonds is 7. The smallest absolute Gasteiger partial charge is 0.255 e. The molecule has 2 aromatic heterocycles. The Balaban J connectivity index is 1.41. The molecule has 0 unspecified atom stereocenters. The number of thiazole rings is 1. The summed E-state index contributed by atoms with van der Waals surface area (Å²) >= 11 is 1.53. The van der Waals surface area contributed by atoms with Crippen LogP contribution >= 0.6 is 11.3 Å². The molecule has 2 N–H and O–H groups in total. The number of para-hydroxylation sites is 1. The van der Waals surface area contributed by atoms with Gasteiger partial charge in [-0.15, -0.1) is 0 Å². The zero-order valence-electron chi connectivity index (χ0n) is 19.7. The van der Waals surface area contributed by atoms with E-state index < -0.39 is 0 Å². The van der Waals surface area contributed by atoms with E-state index in [9.17, 15) is 4.79 Å². The Bertz CT molecular complexity index is 1480. The van der Waals surface area contributed by atoms with E-state index >= 15 is 0 Å². The molecule has 0 saturated heterocycles. The number of carbonyl (C=O) groups is 1. The second-order valence-electron chi connectivity index (χ2n) is 8.67. The van der Waals surface area contributed by atoms with Crippen molar-refractivity contribution in [1.29, 1.82) is 0 Å². The fourth-order valence-electron chi connectivity index (χ4n) is 3.84. The number of anilines is 1. The Morgan fingerprint density at radius 1 is 0.914 bits per heavy atom. The molecule has 6 heteroatoms. The van der Waals surface area contributed by atoms with E-state index in [1.807, 2.05) is 85.1 Å². The van der Waals surface area contributed by atoms with Crippen LogP contribution in [0, 0.1) is 0 Å². The van der Waals surface area contributed by atoms with E-state index in [0.29, 0.717) is 11.6 Å². The molecule has 0 aliphatic carbocycles. The van der Waals surface area contributed by atoms with E-state index in [0.717, 1.165) is 49.8 Å². The average Bonchev–Trinajstić information content (AvgIpc) is 3.31. The normalized spacial score (nSPS) is 11.2. The molecule has 5 nitrogen and oxygen atoms in total. The largest absolute Gasteiger partial charge is 0.321 e. The predicted molar refractivity (Wildman–Crippen MR) is 145 cm³/mol. The molecule has 174 valence electrons. The van der Waals surface area contributed by atoms with E-state index in [2.05, 4.69) is 35.5 Å². The molecule has 0 atom stereocenters. The van der Waals surface area contributed by atoms with Crippen molar-refractivity contribution in [2.24, 2.45) is 0 Å². The average molecular weight is 479 g/mol. The van der Waals surface area contributed by atoms with Gasteiger partial charge in [0.2, 0.25) is 0 Å². The minimum atomic E-state index is -0.156. The summed E-state index contributed by atoms with van der Waals surface area (Å²) in [4.78, 5) is 23.5. The van der Waals surface area contributed by atoms with Gasteiger partial charge in [-0.25, -0.2) is 9.97 Å². The van der Waals surface area contributed by atoms with Gasteiger partial charge < -0.3 is 10.6 Å². The highest BCUT2D eigenvalue weighted by atomic mass is 32.1. The van der Waals surface area contributed by atoms with Gasteiger partial charge in [0.05, 0.1) is 5.69 Å². The Morgan fingerprint density at radius 2 is 1.69 bits per heavy atom. The third-order valence-electron chi connectivity index (χ3n) is 5.66. The highest BCUT2D eigenvalue weighted by molar-refractivity contribution is 7.21. The van der Waals surface area contributed by atoms with Crippen molar-refractivity contribution >= 4 is 33.3 Å². The Morgan fingerprint density at radius 3 is 2.51 bits per heavy atom. The highest BCUT2D eigenvalue weighted by Gasteiger charge is 2.15. The summed E-state index contributed by atoms with van der Waals surface area (Å²) in [5.74, 6) is -0.156. The van der Waals surface area contributed by atoms with Crippen LogP contribution in [0.25, 0.3) is 32.0 Å². The molecular formula is C29H26N4OS. The molecule has 0 aliphatic rings. The summed E-state index contributed by atoms with van der Waals surface area (Å²) in [6.45, 7) is 4.99. The molecule has 5 aromatic rings. The standard InChI is InChI=1S/C29H26N4OS/c1-19(2)30-17-20-15-26-29(31-18-20)35-28(33-26)24-13-6-7-14-25(24)32-27(34)23-12-8-11-22(16-23)21-9-4-3-5-10-21/h3-16,18-19,30H,17H2,1-2H3,(H,32,34). The lowest BCUT2D eigenvalue weighted by molar-refractivity contribution is 0.102. The molecule has 3 aromatic carbocycles. The third kappa shape index (κ3) is 5.29. The second kappa shape index (κ2) is 10.2. The van der Waals surface area contributed by atoms with Crippen LogP contribution in [0.3, 0.4) is 0 Å². The number of hydrogen-bond acceptors (Lipinski definition) is 5. The number of carbonyl (C=O) groups excluding carboxylic acids is 1. The van der Waals surface area contributed by atoms with Crippen molar-refractivity contribution in [1.82, 2.24) is 15.3 Å². The first kappa shape index (κ1) is 22.9.